The molecule has 0 bridgehead atoms. The fourth-order valence-electron chi connectivity index (χ4n) is 3.60. The highest BCUT2D eigenvalue weighted by Gasteiger charge is 2.24. The highest BCUT2D eigenvalue weighted by molar-refractivity contribution is 9.14. The molecule has 1 fully saturated rings. The van der Waals surface area contributed by atoms with E-state index in [-0.39, 0.29) is 0 Å². The number of aromatic nitrogens is 2. The maximum atomic E-state index is 4.89. The van der Waals surface area contributed by atoms with Gasteiger partial charge in [-0.05, 0) is 66.2 Å². The lowest BCUT2D eigenvalue weighted by molar-refractivity contribution is 0.249. The van der Waals surface area contributed by atoms with Crippen LogP contribution in [-0.2, 0) is 13.0 Å². The number of piperazine rings is 1. The zero-order valence-electron chi connectivity index (χ0n) is 13.3. The number of nitrogens with one attached hydrogen (secondary N) is 2. The number of aryl methyl sites for hydroxylation is 2. The molecule has 2 N–H and O–H groups in total. The first-order chi connectivity index (χ1) is 11.7. The van der Waals surface area contributed by atoms with Crippen LogP contribution in [0.25, 0.3) is 11.0 Å². The first kappa shape index (κ1) is 17.3. The molecule has 0 radical (unpaired) electrons. The van der Waals surface area contributed by atoms with E-state index in [9.17, 15) is 0 Å². The van der Waals surface area contributed by atoms with Crippen LogP contribution in [0.1, 0.15) is 12.0 Å². The second kappa shape index (κ2) is 7.23. The first-order valence-corrected chi connectivity index (χ1v) is 10.8. The lowest BCUT2D eigenvalue weighted by Crippen LogP contribution is -2.45. The number of hydrogen-bond donors (Lipinski definition) is 2. The molecule has 0 unspecified atom stereocenters. The Morgan fingerprint density at radius 2 is 1.83 bits per heavy atom. The van der Waals surface area contributed by atoms with Crippen LogP contribution in [0.5, 0.6) is 0 Å². The van der Waals surface area contributed by atoms with Gasteiger partial charge < -0.3 is 15.2 Å². The Morgan fingerprint density at radius 3 is 2.62 bits per heavy atom. The van der Waals surface area contributed by atoms with Gasteiger partial charge in [0.05, 0.1) is 9.99 Å². The Labute approximate surface area is 166 Å². The predicted molar refractivity (Wildman–Crippen MR) is 109 cm³/mol. The minimum Gasteiger partial charge on any atom is -0.354 e. The van der Waals surface area contributed by atoms with Gasteiger partial charge in [0, 0.05) is 54.8 Å². The maximum Gasteiger partial charge on any atom is 0.203 e. The summed E-state index contributed by atoms with van der Waals surface area (Å²) in [4.78, 5) is 7.39. The summed E-state index contributed by atoms with van der Waals surface area (Å²) in [5.41, 5.74) is 3.66. The first-order valence-electron chi connectivity index (χ1n) is 8.39. The van der Waals surface area contributed by atoms with Crippen molar-refractivity contribution in [1.29, 1.82) is 0 Å². The van der Waals surface area contributed by atoms with Crippen LogP contribution < -0.4 is 10.6 Å². The molecule has 0 amide bonds. The number of halogens is 3. The molecule has 2 aliphatic rings. The van der Waals surface area contributed by atoms with Crippen molar-refractivity contribution >= 4 is 64.8 Å². The van der Waals surface area contributed by atoms with E-state index in [4.69, 9.17) is 4.98 Å². The van der Waals surface area contributed by atoms with E-state index in [0.29, 0.717) is 0 Å². The molecule has 0 spiro atoms. The Hall–Kier alpha value is -0.150. The zero-order chi connectivity index (χ0) is 16.7. The lowest BCUT2D eigenvalue weighted by atomic mass is 10.0. The predicted octanol–water partition coefficient (Wildman–Crippen LogP) is 3.59. The van der Waals surface area contributed by atoms with E-state index >= 15 is 0 Å². The van der Waals surface area contributed by atoms with Crippen molar-refractivity contribution in [3.8, 4) is 0 Å². The van der Waals surface area contributed by atoms with Crippen LogP contribution >= 0.6 is 47.8 Å². The third-order valence-corrected chi connectivity index (χ3v) is 8.35. The summed E-state index contributed by atoms with van der Waals surface area (Å²) in [6.07, 6.45) is 2.24. The van der Waals surface area contributed by atoms with Gasteiger partial charge in [-0.25, -0.2) is 4.98 Å². The summed E-state index contributed by atoms with van der Waals surface area (Å²) >= 11 is 11.1. The van der Waals surface area contributed by atoms with Crippen molar-refractivity contribution in [1.82, 2.24) is 19.8 Å². The summed E-state index contributed by atoms with van der Waals surface area (Å²) in [5, 5.41) is 6.96. The van der Waals surface area contributed by atoms with Gasteiger partial charge in [-0.3, -0.25) is 4.90 Å². The molecule has 2 aliphatic heterocycles. The summed E-state index contributed by atoms with van der Waals surface area (Å²) in [6, 6.07) is 0. The topological polar surface area (TPSA) is 45.1 Å². The highest BCUT2D eigenvalue weighted by atomic mass is 79.9. The van der Waals surface area contributed by atoms with E-state index < -0.39 is 0 Å². The molecule has 130 valence electrons. The number of anilines is 1. The molecule has 1 aromatic heterocycles. The van der Waals surface area contributed by atoms with Gasteiger partial charge >= 0.3 is 0 Å². The Bertz CT molecular complexity index is 767. The fraction of sp³-hybridized carbons (Fsp3) is 0.562. The molecule has 4 rings (SSSR count). The van der Waals surface area contributed by atoms with Crippen molar-refractivity contribution < 1.29 is 0 Å². The van der Waals surface area contributed by atoms with Gasteiger partial charge in [0.1, 0.15) is 5.52 Å². The van der Waals surface area contributed by atoms with Gasteiger partial charge in [0.25, 0.3) is 0 Å². The second-order valence-electron chi connectivity index (χ2n) is 6.33. The van der Waals surface area contributed by atoms with Crippen LogP contribution in [0.3, 0.4) is 0 Å². The van der Waals surface area contributed by atoms with E-state index in [1.807, 2.05) is 0 Å². The van der Waals surface area contributed by atoms with Gasteiger partial charge in [-0.1, -0.05) is 0 Å². The number of hydrogen-bond acceptors (Lipinski definition) is 4. The molecule has 24 heavy (non-hydrogen) atoms. The molecular formula is C16H20Br3N5. The van der Waals surface area contributed by atoms with Crippen LogP contribution in [0, 0.1) is 0 Å². The maximum absolute atomic E-state index is 4.89. The number of rotatable bonds is 4. The Morgan fingerprint density at radius 1 is 1.04 bits per heavy atom. The van der Waals surface area contributed by atoms with E-state index in [1.54, 1.807) is 0 Å². The third kappa shape index (κ3) is 3.05. The van der Waals surface area contributed by atoms with Gasteiger partial charge in [-0.15, -0.1) is 0 Å². The molecular weight excluding hydrogens is 502 g/mol. The van der Waals surface area contributed by atoms with Crippen LogP contribution in [0.2, 0.25) is 0 Å². The van der Waals surface area contributed by atoms with Gasteiger partial charge in [0.2, 0.25) is 5.95 Å². The SMILES string of the molecule is Brc1c(Br)c2c3c(nc(NCCN4CCNCC4)n3CCC2)c1Br. The minimum atomic E-state index is 0.929. The Kier molecular flexibility index (Phi) is 5.20. The molecule has 5 nitrogen and oxygen atoms in total. The van der Waals surface area contributed by atoms with Crippen LogP contribution in [0.15, 0.2) is 13.4 Å². The molecule has 3 heterocycles. The number of nitrogens with zero attached hydrogens (tertiary/aromatic N) is 3. The monoisotopic (exact) mass is 519 g/mol. The minimum absolute atomic E-state index is 0.929. The molecule has 0 atom stereocenters. The van der Waals surface area contributed by atoms with Crippen LogP contribution in [0.4, 0.5) is 5.95 Å². The molecule has 2 aromatic rings. The van der Waals surface area contributed by atoms with E-state index in [1.165, 1.54) is 11.1 Å². The molecule has 1 aromatic carbocycles. The largest absolute Gasteiger partial charge is 0.354 e. The molecule has 0 saturated carbocycles. The zero-order valence-corrected chi connectivity index (χ0v) is 18.1. The second-order valence-corrected chi connectivity index (χ2v) is 8.71. The fourth-order valence-corrected chi connectivity index (χ4v) is 5.36. The molecule has 1 saturated heterocycles. The van der Waals surface area contributed by atoms with E-state index in [2.05, 4.69) is 67.9 Å². The normalized spacial score (nSPS) is 18.3. The summed E-state index contributed by atoms with van der Waals surface area (Å²) in [5.74, 6) is 0.992. The number of benzene rings is 1. The quantitative estimate of drug-likeness (QED) is 0.604. The van der Waals surface area contributed by atoms with Crippen molar-refractivity contribution in [2.45, 2.75) is 19.4 Å². The van der Waals surface area contributed by atoms with Gasteiger partial charge in [-0.2, -0.15) is 0 Å². The average molecular weight is 522 g/mol. The summed E-state index contributed by atoms with van der Waals surface area (Å²) < 4.78 is 5.58. The summed E-state index contributed by atoms with van der Waals surface area (Å²) in [6.45, 7) is 7.47. The van der Waals surface area contributed by atoms with E-state index in [0.717, 1.165) is 83.5 Å². The van der Waals surface area contributed by atoms with Crippen molar-refractivity contribution in [3.05, 3.63) is 19.0 Å². The molecule has 8 heteroatoms. The van der Waals surface area contributed by atoms with Crippen molar-refractivity contribution in [2.75, 3.05) is 44.6 Å². The van der Waals surface area contributed by atoms with Crippen LogP contribution in [-0.4, -0.2) is 53.7 Å². The number of imidazole rings is 1. The third-order valence-electron chi connectivity index (χ3n) is 4.84. The average Bonchev–Trinajstić information content (AvgIpc) is 2.99. The van der Waals surface area contributed by atoms with Crippen molar-refractivity contribution in [3.63, 3.8) is 0 Å². The molecule has 0 aliphatic carbocycles. The summed E-state index contributed by atoms with van der Waals surface area (Å²) in [7, 11) is 0. The smallest absolute Gasteiger partial charge is 0.203 e. The highest BCUT2D eigenvalue weighted by Crippen LogP contribution is 2.43. The standard InChI is InChI=1S/C16H20Br3N5/c17-11-10-2-1-6-24-15(10)14(13(19)12(11)18)22-16(24)21-5-9-23-7-3-20-4-8-23/h20H,1-9H2,(H,21,22). The lowest BCUT2D eigenvalue weighted by Gasteiger charge is -2.27. The van der Waals surface area contributed by atoms with Crippen molar-refractivity contribution in [2.24, 2.45) is 0 Å². The Balaban J connectivity index is 1.60. The van der Waals surface area contributed by atoms with Gasteiger partial charge in [0.15, 0.2) is 0 Å².